The largest absolute Gasteiger partial charge is 0.447 e. The van der Waals surface area contributed by atoms with E-state index < -0.39 is 5.97 Å². The van der Waals surface area contributed by atoms with Crippen LogP contribution in [0.3, 0.4) is 0 Å². The molecule has 68 valence electrons. The molecule has 0 saturated heterocycles. The lowest BCUT2D eigenvalue weighted by Crippen LogP contribution is -2.08. The van der Waals surface area contributed by atoms with Crippen LogP contribution >= 0.6 is 0 Å². The summed E-state index contributed by atoms with van der Waals surface area (Å²) in [5, 5.41) is 16.8. The molecule has 5 heteroatoms. The average Bonchev–Trinajstić information content (AvgIpc) is 2.25. The number of carbonyl (C=O) groups excluding carboxylic acids is 1. The third-order valence-electron chi connectivity index (χ3n) is 1.40. The van der Waals surface area contributed by atoms with Crippen LogP contribution in [0.1, 0.15) is 16.1 Å². The Hall–Kier alpha value is -2.40. The average molecular weight is 187 g/mol. The quantitative estimate of drug-likeness (QED) is 0.634. The van der Waals surface area contributed by atoms with E-state index in [-0.39, 0.29) is 17.9 Å². The molecule has 0 radical (unpaired) electrons. The highest BCUT2D eigenvalue weighted by atomic mass is 16.5. The highest BCUT2D eigenvalue weighted by Crippen LogP contribution is 2.05. The molecular formula is C9H5N3O2. The third-order valence-corrected chi connectivity index (χ3v) is 1.40. The monoisotopic (exact) mass is 187 g/mol. The molecule has 0 aliphatic heterocycles. The lowest BCUT2D eigenvalue weighted by Gasteiger charge is -2.00. The van der Waals surface area contributed by atoms with Gasteiger partial charge in [0, 0.05) is 6.20 Å². The molecule has 0 amide bonds. The van der Waals surface area contributed by atoms with Crippen molar-refractivity contribution in [2.75, 3.05) is 6.61 Å². The zero-order chi connectivity index (χ0) is 10.4. The summed E-state index contributed by atoms with van der Waals surface area (Å²) in [6.07, 6.45) is 1.40. The van der Waals surface area contributed by atoms with Crippen LogP contribution in [-0.2, 0) is 4.74 Å². The first-order chi connectivity index (χ1) is 6.79. The molecule has 1 aromatic heterocycles. The molecule has 0 aliphatic rings. The summed E-state index contributed by atoms with van der Waals surface area (Å²) in [5.41, 5.74) is 0.0701. The minimum atomic E-state index is -0.712. The van der Waals surface area contributed by atoms with Gasteiger partial charge in [-0.05, 0) is 12.1 Å². The molecule has 0 bridgehead atoms. The van der Waals surface area contributed by atoms with Gasteiger partial charge in [-0.25, -0.2) is 9.78 Å². The molecule has 0 aliphatic carbocycles. The summed E-state index contributed by atoms with van der Waals surface area (Å²) in [6.45, 7) is -0.335. The molecule has 1 aromatic rings. The summed E-state index contributed by atoms with van der Waals surface area (Å²) < 4.78 is 4.53. The van der Waals surface area contributed by atoms with E-state index in [2.05, 4.69) is 9.72 Å². The summed E-state index contributed by atoms with van der Waals surface area (Å²) in [7, 11) is 0. The minimum Gasteiger partial charge on any atom is -0.447 e. The van der Waals surface area contributed by atoms with Gasteiger partial charge in [-0.3, -0.25) is 0 Å². The second kappa shape index (κ2) is 4.58. The zero-order valence-corrected chi connectivity index (χ0v) is 7.10. The van der Waals surface area contributed by atoms with Crippen LogP contribution in [0, 0.1) is 22.7 Å². The van der Waals surface area contributed by atoms with Crippen LogP contribution < -0.4 is 0 Å². The molecular weight excluding hydrogens is 182 g/mol. The number of pyridine rings is 1. The van der Waals surface area contributed by atoms with Crippen LogP contribution in [0.5, 0.6) is 0 Å². The maximum Gasteiger partial charge on any atom is 0.342 e. The van der Waals surface area contributed by atoms with Crippen molar-refractivity contribution in [3.63, 3.8) is 0 Å². The van der Waals surface area contributed by atoms with E-state index in [1.165, 1.54) is 18.3 Å². The van der Waals surface area contributed by atoms with Crippen molar-refractivity contribution >= 4 is 5.97 Å². The molecule has 5 nitrogen and oxygen atoms in total. The molecule has 14 heavy (non-hydrogen) atoms. The van der Waals surface area contributed by atoms with E-state index >= 15 is 0 Å². The van der Waals surface area contributed by atoms with Gasteiger partial charge in [0.1, 0.15) is 12.1 Å². The van der Waals surface area contributed by atoms with Gasteiger partial charge in [0.15, 0.2) is 12.3 Å². The van der Waals surface area contributed by atoms with Crippen molar-refractivity contribution in [2.24, 2.45) is 0 Å². The van der Waals surface area contributed by atoms with Crippen LogP contribution in [0.4, 0.5) is 0 Å². The van der Waals surface area contributed by atoms with Gasteiger partial charge in [0.2, 0.25) is 0 Å². The Kier molecular flexibility index (Phi) is 3.17. The van der Waals surface area contributed by atoms with Gasteiger partial charge < -0.3 is 4.74 Å². The number of hydrogen-bond donors (Lipinski definition) is 0. The Morgan fingerprint density at radius 2 is 2.36 bits per heavy atom. The van der Waals surface area contributed by atoms with E-state index in [0.29, 0.717) is 0 Å². The Morgan fingerprint density at radius 3 is 3.00 bits per heavy atom. The zero-order valence-electron chi connectivity index (χ0n) is 7.10. The molecule has 0 fully saturated rings. The highest BCUT2D eigenvalue weighted by Gasteiger charge is 2.12. The van der Waals surface area contributed by atoms with E-state index in [1.807, 2.05) is 0 Å². The number of nitrogens with zero attached hydrogens (tertiary/aromatic N) is 3. The SMILES string of the molecule is N#CCOC(=O)c1cccnc1C#N. The first kappa shape index (κ1) is 9.69. The predicted octanol–water partition coefficient (Wildman–Crippen LogP) is 0.634. The van der Waals surface area contributed by atoms with E-state index in [9.17, 15) is 4.79 Å². The molecule has 0 aromatic carbocycles. The van der Waals surface area contributed by atoms with Crippen molar-refractivity contribution in [3.8, 4) is 12.1 Å². The second-order valence-electron chi connectivity index (χ2n) is 2.25. The van der Waals surface area contributed by atoms with Gasteiger partial charge in [0.05, 0.1) is 5.56 Å². The normalized spacial score (nSPS) is 8.43. The first-order valence-corrected chi connectivity index (χ1v) is 3.68. The molecule has 1 rings (SSSR count). The lowest BCUT2D eigenvalue weighted by atomic mass is 10.2. The number of rotatable bonds is 2. The van der Waals surface area contributed by atoms with Crippen molar-refractivity contribution in [1.82, 2.24) is 4.98 Å². The Balaban J connectivity index is 2.91. The van der Waals surface area contributed by atoms with Crippen molar-refractivity contribution < 1.29 is 9.53 Å². The molecule has 0 spiro atoms. The predicted molar refractivity (Wildman–Crippen MR) is 44.8 cm³/mol. The smallest absolute Gasteiger partial charge is 0.342 e. The summed E-state index contributed by atoms with van der Waals surface area (Å²) >= 11 is 0. The van der Waals surface area contributed by atoms with Gasteiger partial charge in [-0.1, -0.05) is 0 Å². The maximum atomic E-state index is 11.2. The Morgan fingerprint density at radius 1 is 1.57 bits per heavy atom. The van der Waals surface area contributed by atoms with Crippen LogP contribution in [0.2, 0.25) is 0 Å². The number of aromatic nitrogens is 1. The van der Waals surface area contributed by atoms with Gasteiger partial charge in [0.25, 0.3) is 0 Å². The molecule has 0 saturated carbocycles. The fraction of sp³-hybridized carbons (Fsp3) is 0.111. The number of nitriles is 2. The van der Waals surface area contributed by atoms with Crippen LogP contribution in [0.25, 0.3) is 0 Å². The highest BCUT2D eigenvalue weighted by molar-refractivity contribution is 5.91. The molecule has 0 unspecified atom stereocenters. The summed E-state index contributed by atoms with van der Waals surface area (Å²) in [6, 6.07) is 6.36. The third kappa shape index (κ3) is 2.05. The fourth-order valence-corrected chi connectivity index (χ4v) is 0.835. The van der Waals surface area contributed by atoms with Gasteiger partial charge >= 0.3 is 5.97 Å². The topological polar surface area (TPSA) is 86.8 Å². The van der Waals surface area contributed by atoms with Gasteiger partial charge in [-0.15, -0.1) is 0 Å². The van der Waals surface area contributed by atoms with E-state index in [1.54, 1.807) is 12.1 Å². The van der Waals surface area contributed by atoms with Gasteiger partial charge in [-0.2, -0.15) is 10.5 Å². The van der Waals surface area contributed by atoms with Crippen LogP contribution in [0.15, 0.2) is 18.3 Å². The fourth-order valence-electron chi connectivity index (χ4n) is 0.835. The molecule has 1 heterocycles. The second-order valence-corrected chi connectivity index (χ2v) is 2.25. The van der Waals surface area contributed by atoms with Crippen molar-refractivity contribution in [3.05, 3.63) is 29.6 Å². The lowest BCUT2D eigenvalue weighted by molar-refractivity contribution is 0.0554. The molecule has 0 atom stereocenters. The Bertz CT molecular complexity index is 428. The molecule has 0 N–H and O–H groups in total. The van der Waals surface area contributed by atoms with E-state index in [4.69, 9.17) is 10.5 Å². The Labute approximate surface area is 80.2 Å². The van der Waals surface area contributed by atoms with E-state index in [0.717, 1.165) is 0 Å². The number of hydrogen-bond acceptors (Lipinski definition) is 5. The first-order valence-electron chi connectivity index (χ1n) is 3.68. The number of esters is 1. The van der Waals surface area contributed by atoms with Crippen molar-refractivity contribution in [2.45, 2.75) is 0 Å². The maximum absolute atomic E-state index is 11.2. The number of carbonyl (C=O) groups is 1. The van der Waals surface area contributed by atoms with Crippen molar-refractivity contribution in [1.29, 1.82) is 10.5 Å². The summed E-state index contributed by atoms with van der Waals surface area (Å²) in [4.78, 5) is 14.9. The summed E-state index contributed by atoms with van der Waals surface area (Å²) in [5.74, 6) is -0.712. The minimum absolute atomic E-state index is 0.00422. The standard InChI is InChI=1S/C9H5N3O2/c10-3-5-14-9(13)7-2-1-4-12-8(7)6-11/h1-2,4H,5H2. The number of ether oxygens (including phenoxy) is 1. The van der Waals surface area contributed by atoms with Crippen LogP contribution in [-0.4, -0.2) is 17.6 Å².